The maximum Gasteiger partial charge on any atom is 0.433 e. The number of nitrogens with one attached hydrogen (secondary N) is 1. The summed E-state index contributed by atoms with van der Waals surface area (Å²) in [7, 11) is 0. The number of aromatic nitrogens is 3. The van der Waals surface area contributed by atoms with Gasteiger partial charge in [0.05, 0.1) is 5.69 Å². The van der Waals surface area contributed by atoms with E-state index in [9.17, 15) is 13.2 Å². The molecule has 0 aromatic carbocycles. The van der Waals surface area contributed by atoms with E-state index in [4.69, 9.17) is 0 Å². The lowest BCUT2D eigenvalue weighted by Crippen LogP contribution is -2.12. The Bertz CT molecular complexity index is 605. The number of hydrogen-bond donors (Lipinski definition) is 1. The molecule has 0 saturated carbocycles. The molecule has 0 saturated heterocycles. The molecule has 0 spiro atoms. The number of rotatable bonds is 5. The highest BCUT2D eigenvalue weighted by molar-refractivity contribution is 5.35. The number of alkyl halides is 3. The number of hydrogen-bond acceptors (Lipinski definition) is 3. The van der Waals surface area contributed by atoms with Crippen molar-refractivity contribution in [3.63, 3.8) is 0 Å². The predicted octanol–water partition coefficient (Wildman–Crippen LogP) is 3.42. The summed E-state index contributed by atoms with van der Waals surface area (Å²) in [5.41, 5.74) is 1.15. The Morgan fingerprint density at radius 2 is 2.00 bits per heavy atom. The molecular formula is C14H17F3N4. The zero-order valence-electron chi connectivity index (χ0n) is 11.9. The minimum absolute atomic E-state index is 0.234. The first kappa shape index (κ1) is 15.3. The molecule has 2 rings (SSSR count). The molecule has 0 aliphatic heterocycles. The third-order valence-corrected chi connectivity index (χ3v) is 3.00. The molecule has 0 atom stereocenters. The highest BCUT2D eigenvalue weighted by Gasteiger charge is 2.32. The number of halogens is 3. The zero-order chi connectivity index (χ0) is 15.5. The lowest BCUT2D eigenvalue weighted by Gasteiger charge is -2.10. The Balaban J connectivity index is 1.85. The van der Waals surface area contributed by atoms with Gasteiger partial charge < -0.3 is 5.32 Å². The minimum atomic E-state index is -4.42. The van der Waals surface area contributed by atoms with Crippen LogP contribution in [0, 0.1) is 13.8 Å². The summed E-state index contributed by atoms with van der Waals surface area (Å²) in [6.07, 6.45) is -3.67. The van der Waals surface area contributed by atoms with Gasteiger partial charge in [0.1, 0.15) is 11.5 Å². The van der Waals surface area contributed by atoms with Crippen LogP contribution in [0.1, 0.15) is 23.5 Å². The van der Waals surface area contributed by atoms with E-state index in [1.54, 1.807) is 0 Å². The van der Waals surface area contributed by atoms with E-state index in [2.05, 4.69) is 15.4 Å². The van der Waals surface area contributed by atoms with Crippen molar-refractivity contribution in [1.82, 2.24) is 14.8 Å². The second-order valence-corrected chi connectivity index (χ2v) is 4.84. The van der Waals surface area contributed by atoms with Crippen LogP contribution in [0.4, 0.5) is 19.0 Å². The first-order chi connectivity index (χ1) is 9.86. The Hall–Kier alpha value is -2.05. The van der Waals surface area contributed by atoms with Gasteiger partial charge >= 0.3 is 6.18 Å². The summed E-state index contributed by atoms with van der Waals surface area (Å²) in [4.78, 5) is 3.55. The second-order valence-electron chi connectivity index (χ2n) is 4.84. The molecule has 21 heavy (non-hydrogen) atoms. The molecule has 0 aliphatic rings. The third-order valence-electron chi connectivity index (χ3n) is 3.00. The lowest BCUT2D eigenvalue weighted by molar-refractivity contribution is -0.141. The first-order valence-corrected chi connectivity index (χ1v) is 6.65. The van der Waals surface area contributed by atoms with E-state index in [1.807, 2.05) is 24.6 Å². The standard InChI is InChI=1S/C14H17F3N4/c1-10-9-11(2)21(20-10)8-4-7-18-13-6-3-5-12(19-13)14(15,16)17/h3,5-6,9H,4,7-8H2,1-2H3,(H,18,19). The summed E-state index contributed by atoms with van der Waals surface area (Å²) in [5.74, 6) is 0.234. The van der Waals surface area contributed by atoms with E-state index in [1.165, 1.54) is 12.1 Å². The second kappa shape index (κ2) is 6.15. The molecule has 0 bridgehead atoms. The monoisotopic (exact) mass is 298 g/mol. The van der Waals surface area contributed by atoms with Gasteiger partial charge in [0.2, 0.25) is 0 Å². The zero-order valence-corrected chi connectivity index (χ0v) is 11.9. The van der Waals surface area contributed by atoms with Crippen LogP contribution in [0.15, 0.2) is 24.3 Å². The van der Waals surface area contributed by atoms with Crippen LogP contribution in [0.3, 0.4) is 0 Å². The quantitative estimate of drug-likeness (QED) is 0.860. The molecule has 2 heterocycles. The maximum absolute atomic E-state index is 12.5. The Kier molecular flexibility index (Phi) is 4.50. The van der Waals surface area contributed by atoms with Crippen molar-refractivity contribution in [3.05, 3.63) is 41.3 Å². The van der Waals surface area contributed by atoms with Gasteiger partial charge in [-0.2, -0.15) is 18.3 Å². The van der Waals surface area contributed by atoms with Crippen LogP contribution >= 0.6 is 0 Å². The van der Waals surface area contributed by atoms with E-state index >= 15 is 0 Å². The van der Waals surface area contributed by atoms with Crippen LogP contribution in [0.5, 0.6) is 0 Å². The van der Waals surface area contributed by atoms with Gasteiger partial charge in [0.25, 0.3) is 0 Å². The van der Waals surface area contributed by atoms with Crippen molar-refractivity contribution in [3.8, 4) is 0 Å². The van der Waals surface area contributed by atoms with Crippen LogP contribution in [-0.4, -0.2) is 21.3 Å². The molecule has 114 valence electrons. The van der Waals surface area contributed by atoms with E-state index < -0.39 is 11.9 Å². The Morgan fingerprint density at radius 1 is 1.24 bits per heavy atom. The molecule has 0 fully saturated rings. The number of nitrogens with zero attached hydrogens (tertiary/aromatic N) is 3. The first-order valence-electron chi connectivity index (χ1n) is 6.65. The average Bonchev–Trinajstić information content (AvgIpc) is 2.72. The van der Waals surface area contributed by atoms with Gasteiger partial charge in [-0.1, -0.05) is 6.07 Å². The van der Waals surface area contributed by atoms with Crippen molar-refractivity contribution in [1.29, 1.82) is 0 Å². The van der Waals surface area contributed by atoms with Gasteiger partial charge in [0.15, 0.2) is 0 Å². The Labute approximate surface area is 121 Å². The number of anilines is 1. The smallest absolute Gasteiger partial charge is 0.370 e. The Morgan fingerprint density at radius 3 is 2.62 bits per heavy atom. The van der Waals surface area contributed by atoms with Gasteiger partial charge in [-0.25, -0.2) is 4.98 Å². The van der Waals surface area contributed by atoms with Crippen LogP contribution in [0.2, 0.25) is 0 Å². The average molecular weight is 298 g/mol. The summed E-state index contributed by atoms with van der Waals surface area (Å²) in [6.45, 7) is 5.15. The van der Waals surface area contributed by atoms with Crippen molar-refractivity contribution in [2.45, 2.75) is 33.0 Å². The van der Waals surface area contributed by atoms with Crippen molar-refractivity contribution in [2.75, 3.05) is 11.9 Å². The molecule has 0 aliphatic carbocycles. The number of pyridine rings is 1. The van der Waals surface area contributed by atoms with E-state index in [-0.39, 0.29) is 5.82 Å². The predicted molar refractivity (Wildman–Crippen MR) is 74.0 cm³/mol. The molecule has 1 N–H and O–H groups in total. The summed E-state index contributed by atoms with van der Waals surface area (Å²) in [6, 6.07) is 5.82. The minimum Gasteiger partial charge on any atom is -0.370 e. The van der Waals surface area contributed by atoms with Gasteiger partial charge in [0, 0.05) is 18.8 Å². The molecule has 0 radical (unpaired) electrons. The van der Waals surface area contributed by atoms with Crippen molar-refractivity contribution < 1.29 is 13.2 Å². The normalized spacial score (nSPS) is 11.7. The van der Waals surface area contributed by atoms with Crippen molar-refractivity contribution >= 4 is 5.82 Å². The topological polar surface area (TPSA) is 42.7 Å². The molecule has 2 aromatic rings. The van der Waals surface area contributed by atoms with E-state index in [0.717, 1.165) is 23.9 Å². The SMILES string of the molecule is Cc1cc(C)n(CCCNc2cccc(C(F)(F)F)n2)n1. The fraction of sp³-hybridized carbons (Fsp3) is 0.429. The largest absolute Gasteiger partial charge is 0.433 e. The van der Waals surface area contributed by atoms with Crippen molar-refractivity contribution in [2.24, 2.45) is 0 Å². The fourth-order valence-corrected chi connectivity index (χ4v) is 2.04. The maximum atomic E-state index is 12.5. The highest BCUT2D eigenvalue weighted by Crippen LogP contribution is 2.28. The van der Waals surface area contributed by atoms with Gasteiger partial charge in [-0.15, -0.1) is 0 Å². The van der Waals surface area contributed by atoms with E-state index in [0.29, 0.717) is 13.1 Å². The fourth-order valence-electron chi connectivity index (χ4n) is 2.04. The summed E-state index contributed by atoms with van der Waals surface area (Å²) in [5, 5.41) is 7.23. The molecular weight excluding hydrogens is 281 g/mol. The summed E-state index contributed by atoms with van der Waals surface area (Å²) >= 11 is 0. The molecule has 0 unspecified atom stereocenters. The summed E-state index contributed by atoms with van der Waals surface area (Å²) < 4.78 is 39.5. The molecule has 4 nitrogen and oxygen atoms in total. The highest BCUT2D eigenvalue weighted by atomic mass is 19.4. The number of aryl methyl sites for hydroxylation is 3. The van der Waals surface area contributed by atoms with Gasteiger partial charge in [-0.05, 0) is 38.5 Å². The van der Waals surface area contributed by atoms with Crippen LogP contribution < -0.4 is 5.32 Å². The molecule has 2 aromatic heterocycles. The van der Waals surface area contributed by atoms with Gasteiger partial charge in [-0.3, -0.25) is 4.68 Å². The molecule has 0 amide bonds. The van der Waals surface area contributed by atoms with Crippen LogP contribution in [-0.2, 0) is 12.7 Å². The van der Waals surface area contributed by atoms with Crippen LogP contribution in [0.25, 0.3) is 0 Å². The third kappa shape index (κ3) is 4.21. The molecule has 7 heteroatoms. The lowest BCUT2D eigenvalue weighted by atomic mass is 10.3.